The molecule has 16 atom stereocenters. The number of epoxide rings is 1. The van der Waals surface area contributed by atoms with Crippen molar-refractivity contribution in [1.29, 1.82) is 0 Å². The average molecular weight is 741 g/mol. The molecule has 4 heterocycles. The number of ether oxygens (including phenoxy) is 10. The van der Waals surface area contributed by atoms with E-state index in [4.69, 9.17) is 47.4 Å². The minimum absolute atomic E-state index is 0.451. The molecule has 1 aliphatic carbocycles. The Morgan fingerprint density at radius 3 is 2.29 bits per heavy atom. The predicted octanol–water partition coefficient (Wildman–Crippen LogP) is -1.89. The number of methoxy groups -OCH3 is 2. The van der Waals surface area contributed by atoms with Gasteiger partial charge in [-0.05, 0) is 36.8 Å². The molecule has 52 heavy (non-hydrogen) atoms. The minimum Gasteiger partial charge on any atom is -0.493 e. The highest BCUT2D eigenvalue weighted by atomic mass is 16.8. The highest BCUT2D eigenvalue weighted by Gasteiger charge is 2.77. The van der Waals surface area contributed by atoms with E-state index >= 15 is 0 Å². The van der Waals surface area contributed by atoms with Gasteiger partial charge in [0, 0.05) is 18.9 Å². The summed E-state index contributed by atoms with van der Waals surface area (Å²) in [5, 5.41) is 62.5. The van der Waals surface area contributed by atoms with Gasteiger partial charge in [0.1, 0.15) is 42.2 Å². The van der Waals surface area contributed by atoms with Crippen LogP contribution in [0.15, 0.2) is 36.6 Å². The first-order valence-electron chi connectivity index (χ1n) is 16.7. The number of hydrogen-bond acceptors (Lipinski definition) is 18. The van der Waals surface area contributed by atoms with Crippen molar-refractivity contribution < 1.29 is 87.6 Å². The van der Waals surface area contributed by atoms with Gasteiger partial charge in [-0.3, -0.25) is 4.79 Å². The zero-order chi connectivity index (χ0) is 37.5. The van der Waals surface area contributed by atoms with Crippen LogP contribution in [0.25, 0.3) is 6.08 Å². The zero-order valence-electron chi connectivity index (χ0n) is 28.7. The number of carbonyl (C=O) groups is 2. The van der Waals surface area contributed by atoms with E-state index in [9.17, 15) is 40.2 Å². The lowest BCUT2D eigenvalue weighted by molar-refractivity contribution is -0.347. The lowest BCUT2D eigenvalue weighted by Crippen LogP contribution is -2.61. The lowest BCUT2D eigenvalue weighted by Gasteiger charge is -2.44. The van der Waals surface area contributed by atoms with Crippen LogP contribution < -0.4 is 9.47 Å². The molecule has 0 radical (unpaired) electrons. The zero-order valence-corrected chi connectivity index (χ0v) is 28.7. The van der Waals surface area contributed by atoms with E-state index in [1.807, 2.05) is 0 Å². The first-order chi connectivity index (χ1) is 24.9. The topological polar surface area (TPSA) is 251 Å². The van der Waals surface area contributed by atoms with Crippen molar-refractivity contribution in [3.63, 3.8) is 0 Å². The Morgan fingerprint density at radius 2 is 1.62 bits per heavy atom. The molecule has 0 aromatic heterocycles. The first kappa shape index (κ1) is 38.3. The Hall–Kier alpha value is -3.40. The van der Waals surface area contributed by atoms with E-state index in [0.29, 0.717) is 17.1 Å². The predicted molar refractivity (Wildman–Crippen MR) is 170 cm³/mol. The number of hydrogen-bond donors (Lipinski definition) is 6. The number of aliphatic hydroxyl groups is 6. The van der Waals surface area contributed by atoms with Gasteiger partial charge >= 0.3 is 11.9 Å². The third kappa shape index (κ3) is 7.13. The maximum atomic E-state index is 12.9. The van der Waals surface area contributed by atoms with Crippen LogP contribution in [-0.2, 0) is 47.5 Å². The maximum Gasteiger partial charge on any atom is 0.331 e. The number of esters is 2. The Balaban J connectivity index is 1.15. The third-order valence-electron chi connectivity index (χ3n) is 10.0. The Morgan fingerprint density at radius 1 is 0.865 bits per heavy atom. The summed E-state index contributed by atoms with van der Waals surface area (Å²) in [6.45, 7) is 1.50. The number of aliphatic hydroxyl groups excluding tert-OH is 6. The number of benzene rings is 1. The van der Waals surface area contributed by atoms with Crippen molar-refractivity contribution in [3.8, 4) is 11.5 Å². The smallest absolute Gasteiger partial charge is 0.331 e. The fraction of sp³-hybridized carbons (Fsp3) is 0.647. The molecule has 6 rings (SSSR count). The summed E-state index contributed by atoms with van der Waals surface area (Å²) in [5.74, 6) is -2.01. The number of carbonyl (C=O) groups excluding carboxylic acids is 2. The van der Waals surface area contributed by atoms with E-state index in [1.54, 1.807) is 31.2 Å². The van der Waals surface area contributed by atoms with Crippen LogP contribution in [0.3, 0.4) is 0 Å². The highest BCUT2D eigenvalue weighted by molar-refractivity contribution is 5.87. The summed E-state index contributed by atoms with van der Waals surface area (Å²) in [5.41, 5.74) is -0.652. The second kappa shape index (κ2) is 15.5. The van der Waals surface area contributed by atoms with Gasteiger partial charge < -0.3 is 78.0 Å². The molecule has 0 bridgehead atoms. The minimum atomic E-state index is -1.72. The molecule has 4 aliphatic heterocycles. The standard InChI is InChI=1S/C34H44O18/c1-14-27(49-21(38)8-6-16-5-7-18(43-3)19(11-16)44-4)26(42)29(47-15(2)37)33(46-14)50-28-17-9-10-45-31(22(17)34(13-36)30(28)52-34)51-32-25(41)24(40)23(39)20(12-35)48-32/h5-11,14,17,20,22-33,35-36,39-42H,12-13H2,1-4H3/b8-6+/t14-,17+,20+,22+,23+,24-,25+,26-,27-,28-,29-,30+,31-,32-,33-,34-/m1/s1. The molecule has 18 nitrogen and oxygen atoms in total. The van der Waals surface area contributed by atoms with E-state index in [0.717, 1.165) is 13.0 Å². The second-order valence-corrected chi connectivity index (χ2v) is 13.1. The van der Waals surface area contributed by atoms with Crippen LogP contribution >= 0.6 is 0 Å². The van der Waals surface area contributed by atoms with Crippen molar-refractivity contribution >= 4 is 18.0 Å². The van der Waals surface area contributed by atoms with Gasteiger partial charge in [0.15, 0.2) is 36.3 Å². The quantitative estimate of drug-likeness (QED) is 0.0779. The molecule has 4 fully saturated rings. The average Bonchev–Trinajstić information content (AvgIpc) is 3.81. The molecule has 1 aromatic rings. The Kier molecular flexibility index (Phi) is 11.4. The monoisotopic (exact) mass is 740 g/mol. The van der Waals surface area contributed by atoms with Gasteiger partial charge in [0.2, 0.25) is 6.29 Å². The Bertz CT molecular complexity index is 1500. The summed E-state index contributed by atoms with van der Waals surface area (Å²) in [6, 6.07) is 5.02. The molecule has 5 aliphatic rings. The molecule has 6 N–H and O–H groups in total. The molecule has 3 saturated heterocycles. The molecule has 0 spiro atoms. The molecular formula is C34H44O18. The number of rotatable bonds is 12. The molecular weight excluding hydrogens is 696 g/mol. The van der Waals surface area contributed by atoms with Crippen molar-refractivity contribution in [3.05, 3.63) is 42.2 Å². The fourth-order valence-electron chi connectivity index (χ4n) is 7.34. The lowest BCUT2D eigenvalue weighted by atomic mass is 9.85. The summed E-state index contributed by atoms with van der Waals surface area (Å²) in [6.07, 6.45) is -11.8. The van der Waals surface area contributed by atoms with E-state index in [1.165, 1.54) is 26.6 Å². The molecule has 18 heteroatoms. The van der Waals surface area contributed by atoms with E-state index in [-0.39, 0.29) is 0 Å². The van der Waals surface area contributed by atoms with Gasteiger partial charge in [-0.2, -0.15) is 0 Å². The molecule has 288 valence electrons. The van der Waals surface area contributed by atoms with Crippen LogP contribution in [0.1, 0.15) is 19.4 Å². The summed E-state index contributed by atoms with van der Waals surface area (Å²) >= 11 is 0. The van der Waals surface area contributed by atoms with Crippen molar-refractivity contribution in [2.75, 3.05) is 27.4 Å². The molecule has 0 amide bonds. The van der Waals surface area contributed by atoms with Crippen molar-refractivity contribution in [1.82, 2.24) is 0 Å². The van der Waals surface area contributed by atoms with E-state index < -0.39 is 122 Å². The largest absolute Gasteiger partial charge is 0.493 e. The molecule has 1 saturated carbocycles. The van der Waals surface area contributed by atoms with Gasteiger partial charge in [-0.25, -0.2) is 4.79 Å². The van der Waals surface area contributed by atoms with Crippen molar-refractivity contribution in [2.45, 2.75) is 99.4 Å². The van der Waals surface area contributed by atoms with Crippen LogP contribution in [-0.4, -0.2) is 156 Å². The van der Waals surface area contributed by atoms with Gasteiger partial charge in [0.05, 0.1) is 51.8 Å². The van der Waals surface area contributed by atoms with Crippen molar-refractivity contribution in [2.24, 2.45) is 11.8 Å². The summed E-state index contributed by atoms with van der Waals surface area (Å²) in [7, 11) is 2.98. The van der Waals surface area contributed by atoms with Crippen LogP contribution in [0.5, 0.6) is 11.5 Å². The van der Waals surface area contributed by atoms with Gasteiger partial charge in [-0.15, -0.1) is 0 Å². The van der Waals surface area contributed by atoms with Crippen LogP contribution in [0.4, 0.5) is 0 Å². The molecule has 0 unspecified atom stereocenters. The second-order valence-electron chi connectivity index (χ2n) is 13.1. The maximum absolute atomic E-state index is 12.9. The number of fused-ring (bicyclic) bond motifs is 3. The third-order valence-corrected chi connectivity index (χ3v) is 10.0. The fourth-order valence-corrected chi connectivity index (χ4v) is 7.34. The van der Waals surface area contributed by atoms with Crippen LogP contribution in [0, 0.1) is 11.8 Å². The van der Waals surface area contributed by atoms with E-state index in [2.05, 4.69) is 0 Å². The van der Waals surface area contributed by atoms with Gasteiger partial charge in [0.25, 0.3) is 0 Å². The summed E-state index contributed by atoms with van der Waals surface area (Å²) < 4.78 is 57.0. The van der Waals surface area contributed by atoms with Gasteiger partial charge in [-0.1, -0.05) is 6.07 Å². The Labute approximate surface area is 297 Å². The van der Waals surface area contributed by atoms with Crippen LogP contribution in [0.2, 0.25) is 0 Å². The highest BCUT2D eigenvalue weighted by Crippen LogP contribution is 2.61. The summed E-state index contributed by atoms with van der Waals surface area (Å²) in [4.78, 5) is 25.1. The normalized spacial score (nSPS) is 42.2. The first-order valence-corrected chi connectivity index (χ1v) is 16.7. The molecule has 1 aromatic carbocycles. The SMILES string of the molecule is COc1ccc(/C=C/C(=O)O[C@H]2[C@@H](O)[C@@H](OC(C)=O)[C@@H](O[C@@H]3[C@H]4C=CO[C@H](O[C@H]5O[C@@H](CO)[C@H](O)[C@@H](O)[C@@H]5O)[C@H]4[C@@]4(CO)O[C@@H]34)O[C@@H]2C)cc1OC.